The van der Waals surface area contributed by atoms with Gasteiger partial charge < -0.3 is 24.1 Å². The summed E-state index contributed by atoms with van der Waals surface area (Å²) >= 11 is 3.30. The van der Waals surface area contributed by atoms with Crippen molar-refractivity contribution < 1.29 is 33.6 Å². The van der Waals surface area contributed by atoms with Crippen LogP contribution in [0.15, 0.2) is 34.8 Å². The van der Waals surface area contributed by atoms with Crippen molar-refractivity contribution in [1.82, 2.24) is 0 Å². The molecule has 2 aromatic rings. The van der Waals surface area contributed by atoms with E-state index < -0.39 is 24.3 Å². The predicted molar refractivity (Wildman–Crippen MR) is 110 cm³/mol. The molecule has 0 bridgehead atoms. The van der Waals surface area contributed by atoms with Crippen molar-refractivity contribution >= 4 is 28.1 Å². The van der Waals surface area contributed by atoms with Crippen LogP contribution in [0.5, 0.6) is 17.2 Å². The van der Waals surface area contributed by atoms with Gasteiger partial charge in [0, 0.05) is 11.1 Å². The summed E-state index contributed by atoms with van der Waals surface area (Å²) in [6, 6.07) is 8.47. The maximum atomic E-state index is 12.9. The van der Waals surface area contributed by atoms with Crippen LogP contribution < -0.4 is 14.2 Å². The normalized spacial score (nSPS) is 11.0. The quantitative estimate of drug-likeness (QED) is 0.384. The first-order chi connectivity index (χ1) is 13.6. The number of aliphatic hydroxyl groups is 1. The van der Waals surface area contributed by atoms with E-state index >= 15 is 0 Å². The first-order valence-electron chi connectivity index (χ1n) is 8.76. The van der Waals surface area contributed by atoms with Gasteiger partial charge in [-0.3, -0.25) is 0 Å². The molecule has 7 nitrogen and oxygen atoms in total. The molecule has 156 valence electrons. The van der Waals surface area contributed by atoms with E-state index in [0.29, 0.717) is 16.9 Å². The summed E-state index contributed by atoms with van der Waals surface area (Å²) < 4.78 is 21.5. The molecule has 0 unspecified atom stereocenters. The molecule has 0 saturated heterocycles. The van der Waals surface area contributed by atoms with E-state index in [1.807, 2.05) is 0 Å². The lowest BCUT2D eigenvalue weighted by Gasteiger charge is -2.22. The Morgan fingerprint density at radius 1 is 1.07 bits per heavy atom. The number of methoxy groups -OCH3 is 1. The molecule has 0 aliphatic carbocycles. The number of carbonyl (C=O) groups excluding carboxylic acids is 2. The van der Waals surface area contributed by atoms with Gasteiger partial charge in [-0.15, -0.1) is 0 Å². The molecule has 2 aromatic carbocycles. The molecule has 0 aliphatic rings. The molecule has 0 saturated carbocycles. The highest BCUT2D eigenvalue weighted by molar-refractivity contribution is 9.10. The Morgan fingerprint density at radius 2 is 1.69 bits per heavy atom. The van der Waals surface area contributed by atoms with Gasteiger partial charge in [0.1, 0.15) is 22.7 Å². The van der Waals surface area contributed by atoms with Gasteiger partial charge in [0.15, 0.2) is 5.75 Å². The number of aliphatic hydroxyl groups excluding tert-OH is 1. The van der Waals surface area contributed by atoms with Crippen LogP contribution in [0.3, 0.4) is 0 Å². The van der Waals surface area contributed by atoms with E-state index in [4.69, 9.17) is 18.9 Å². The van der Waals surface area contributed by atoms with Crippen LogP contribution in [-0.2, 0) is 11.3 Å². The van der Waals surface area contributed by atoms with E-state index in [0.717, 1.165) is 0 Å². The van der Waals surface area contributed by atoms with Crippen LogP contribution in [0, 0.1) is 6.92 Å². The van der Waals surface area contributed by atoms with Gasteiger partial charge in [0.05, 0.1) is 18.2 Å². The molecular weight excluding hydrogens is 444 g/mol. The molecule has 0 atom stereocenters. The molecule has 0 aromatic heterocycles. The van der Waals surface area contributed by atoms with Crippen LogP contribution in [-0.4, -0.2) is 29.9 Å². The fourth-order valence-corrected chi connectivity index (χ4v) is 3.20. The van der Waals surface area contributed by atoms with E-state index in [9.17, 15) is 14.7 Å². The van der Waals surface area contributed by atoms with Gasteiger partial charge in [-0.25, -0.2) is 9.59 Å². The van der Waals surface area contributed by atoms with Gasteiger partial charge in [-0.05, 0) is 55.8 Å². The van der Waals surface area contributed by atoms with Gasteiger partial charge in [-0.2, -0.15) is 0 Å². The zero-order valence-corrected chi connectivity index (χ0v) is 18.5. The summed E-state index contributed by atoms with van der Waals surface area (Å²) in [7, 11) is 1.41. The number of hydrogen-bond acceptors (Lipinski definition) is 7. The zero-order chi connectivity index (χ0) is 21.8. The van der Waals surface area contributed by atoms with Crippen LogP contribution in [0.4, 0.5) is 4.79 Å². The third-order valence-corrected chi connectivity index (χ3v) is 4.61. The topological polar surface area (TPSA) is 91.3 Å². The fraction of sp³-hybridized carbons (Fsp3) is 0.333. The minimum atomic E-state index is -1.000. The number of ether oxygens (including phenoxy) is 4. The largest absolute Gasteiger partial charge is 0.514 e. The number of hydrogen-bond donors (Lipinski definition) is 1. The highest BCUT2D eigenvalue weighted by Gasteiger charge is 2.30. The molecule has 29 heavy (non-hydrogen) atoms. The summed E-state index contributed by atoms with van der Waals surface area (Å²) in [6.07, 6.45) is -1.000. The smallest absolute Gasteiger partial charge is 0.496 e. The lowest BCUT2D eigenvalue weighted by atomic mass is 10.0. The number of rotatable bonds is 5. The highest BCUT2D eigenvalue weighted by atomic mass is 79.9. The number of para-hydroxylation sites is 1. The van der Waals surface area contributed by atoms with E-state index in [-0.39, 0.29) is 21.5 Å². The molecule has 0 amide bonds. The maximum Gasteiger partial charge on any atom is 0.514 e. The molecule has 0 fully saturated rings. The molecule has 8 heteroatoms. The summed E-state index contributed by atoms with van der Waals surface area (Å²) in [6.45, 7) is 6.25. The third kappa shape index (κ3) is 5.48. The molecule has 2 rings (SSSR count). The Labute approximate surface area is 177 Å². The molecule has 0 aliphatic heterocycles. The second-order valence-electron chi connectivity index (χ2n) is 7.08. The van der Waals surface area contributed by atoms with Crippen molar-refractivity contribution in [2.24, 2.45) is 0 Å². The highest BCUT2D eigenvalue weighted by Crippen LogP contribution is 2.42. The second-order valence-corrected chi connectivity index (χ2v) is 7.88. The average Bonchev–Trinajstić information content (AvgIpc) is 2.63. The number of benzene rings is 2. The lowest BCUT2D eigenvalue weighted by molar-refractivity contribution is 0.0202. The Hall–Kier alpha value is -2.58. The second kappa shape index (κ2) is 9.28. The third-order valence-electron chi connectivity index (χ3n) is 3.78. The molecule has 0 spiro atoms. The van der Waals surface area contributed by atoms with Gasteiger partial charge in [0.2, 0.25) is 0 Å². The molecule has 1 N–H and O–H groups in total. The number of carbonyl (C=O) groups is 2. The molecule has 0 radical (unpaired) electrons. The van der Waals surface area contributed by atoms with Gasteiger partial charge in [-0.1, -0.05) is 18.2 Å². The number of halogens is 1. The van der Waals surface area contributed by atoms with Crippen molar-refractivity contribution in [3.8, 4) is 17.2 Å². The van der Waals surface area contributed by atoms with Crippen molar-refractivity contribution in [1.29, 1.82) is 0 Å². The van der Waals surface area contributed by atoms with Crippen LogP contribution in [0.2, 0.25) is 0 Å². The minimum Gasteiger partial charge on any atom is -0.496 e. The van der Waals surface area contributed by atoms with E-state index in [1.165, 1.54) is 7.11 Å². The number of esters is 1. The monoisotopic (exact) mass is 466 g/mol. The van der Waals surface area contributed by atoms with Crippen molar-refractivity contribution in [3.63, 3.8) is 0 Å². The standard InChI is InChI=1S/C21H23BrO7/c1-12-15(19(24)27-13-9-7-6-8-10-13)18(28-20(25)29-21(2,3)4)16(22)14(11-23)17(12)26-5/h6-10,23H,11H2,1-5H3. The Morgan fingerprint density at radius 3 is 2.21 bits per heavy atom. The predicted octanol–water partition coefficient (Wildman–Crippen LogP) is 4.79. The summed E-state index contributed by atoms with van der Waals surface area (Å²) in [5.74, 6) is -0.282. The van der Waals surface area contributed by atoms with Gasteiger partial charge >= 0.3 is 12.1 Å². The Kier molecular flexibility index (Phi) is 7.26. The zero-order valence-electron chi connectivity index (χ0n) is 16.9. The SMILES string of the molecule is COc1c(C)c(C(=O)Oc2ccccc2)c(OC(=O)OC(C)(C)C)c(Br)c1CO. The average molecular weight is 467 g/mol. The summed E-state index contributed by atoms with van der Waals surface area (Å²) in [5.41, 5.74) is -0.157. The van der Waals surface area contributed by atoms with Gasteiger partial charge in [0.25, 0.3) is 0 Å². The van der Waals surface area contributed by atoms with Crippen LogP contribution in [0.25, 0.3) is 0 Å². The minimum absolute atomic E-state index is 0.0272. The van der Waals surface area contributed by atoms with E-state index in [1.54, 1.807) is 58.0 Å². The fourth-order valence-electron chi connectivity index (χ4n) is 2.62. The van der Waals surface area contributed by atoms with Crippen molar-refractivity contribution in [2.45, 2.75) is 39.9 Å². The summed E-state index contributed by atoms with van der Waals surface area (Å²) in [5, 5.41) is 9.77. The van der Waals surface area contributed by atoms with E-state index in [2.05, 4.69) is 15.9 Å². The lowest BCUT2D eigenvalue weighted by Crippen LogP contribution is -2.27. The maximum absolute atomic E-state index is 12.9. The first kappa shape index (κ1) is 22.7. The van der Waals surface area contributed by atoms with Crippen molar-refractivity contribution in [2.75, 3.05) is 7.11 Å². The van der Waals surface area contributed by atoms with Crippen LogP contribution >= 0.6 is 15.9 Å². The van der Waals surface area contributed by atoms with Crippen LogP contribution in [0.1, 0.15) is 42.3 Å². The molecule has 0 heterocycles. The van der Waals surface area contributed by atoms with Crippen molar-refractivity contribution in [3.05, 3.63) is 51.5 Å². The summed E-state index contributed by atoms with van der Waals surface area (Å²) in [4.78, 5) is 25.2. The first-order valence-corrected chi connectivity index (χ1v) is 9.56. The molecular formula is C21H23BrO7. The Bertz CT molecular complexity index is 902. The Balaban J connectivity index is 2.58.